The Morgan fingerprint density at radius 2 is 2.29 bits per heavy atom. The van der Waals surface area contributed by atoms with Gasteiger partial charge in [0.1, 0.15) is 6.07 Å². The molecule has 1 aromatic heterocycles. The van der Waals surface area contributed by atoms with Crippen LogP contribution in [-0.2, 0) is 4.74 Å². The van der Waals surface area contributed by atoms with Gasteiger partial charge < -0.3 is 10.1 Å². The first kappa shape index (κ1) is 11.8. The number of aromatic nitrogens is 2. The van der Waals surface area contributed by atoms with Crippen molar-refractivity contribution in [2.75, 3.05) is 18.5 Å². The lowest BCUT2D eigenvalue weighted by Gasteiger charge is -2.28. The molecular weight excluding hydrogens is 216 g/mol. The Kier molecular flexibility index (Phi) is 3.89. The molecule has 0 aliphatic carbocycles. The fraction of sp³-hybridized carbons (Fsp3) is 0.583. The van der Waals surface area contributed by atoms with Crippen LogP contribution in [0.4, 0.5) is 5.82 Å². The molecule has 0 aromatic carbocycles. The average molecular weight is 232 g/mol. The summed E-state index contributed by atoms with van der Waals surface area (Å²) < 4.78 is 5.34. The molecule has 5 heteroatoms. The second-order valence-corrected chi connectivity index (χ2v) is 4.29. The molecule has 0 spiro atoms. The van der Waals surface area contributed by atoms with Gasteiger partial charge in [-0.25, -0.2) is 0 Å². The Hall–Kier alpha value is -1.67. The van der Waals surface area contributed by atoms with Gasteiger partial charge in [0.25, 0.3) is 0 Å². The van der Waals surface area contributed by atoms with Crippen molar-refractivity contribution in [3.63, 3.8) is 0 Å². The maximum atomic E-state index is 8.96. The summed E-state index contributed by atoms with van der Waals surface area (Å²) in [5.41, 5.74) is 0.541. The Bertz CT molecular complexity index is 409. The molecule has 1 aliphatic heterocycles. The minimum atomic E-state index is 0.280. The molecule has 1 aliphatic rings. The summed E-state index contributed by atoms with van der Waals surface area (Å²) in [5, 5.41) is 20.0. The summed E-state index contributed by atoms with van der Waals surface area (Å²) in [7, 11) is 0. The van der Waals surface area contributed by atoms with Crippen LogP contribution in [0.15, 0.2) is 12.3 Å². The number of rotatable bonds is 3. The maximum Gasteiger partial charge on any atom is 0.166 e. The van der Waals surface area contributed by atoms with Crippen molar-refractivity contribution in [2.45, 2.75) is 25.8 Å². The molecular formula is C12H16N4O. The zero-order valence-electron chi connectivity index (χ0n) is 9.89. The van der Waals surface area contributed by atoms with Gasteiger partial charge >= 0.3 is 0 Å². The van der Waals surface area contributed by atoms with E-state index in [0.717, 1.165) is 26.1 Å². The van der Waals surface area contributed by atoms with E-state index in [1.165, 1.54) is 6.20 Å². The predicted molar refractivity (Wildman–Crippen MR) is 63.4 cm³/mol. The van der Waals surface area contributed by atoms with Crippen molar-refractivity contribution >= 4 is 5.82 Å². The number of hydrogen-bond acceptors (Lipinski definition) is 5. The maximum absolute atomic E-state index is 8.96. The van der Waals surface area contributed by atoms with E-state index >= 15 is 0 Å². The lowest BCUT2D eigenvalue weighted by molar-refractivity contribution is 0.0622. The van der Waals surface area contributed by atoms with Crippen molar-refractivity contribution in [3.8, 4) is 6.07 Å². The predicted octanol–water partition coefficient (Wildman–Crippen LogP) is 1.58. The molecule has 0 amide bonds. The van der Waals surface area contributed by atoms with Crippen LogP contribution >= 0.6 is 0 Å². The molecule has 1 saturated heterocycles. The van der Waals surface area contributed by atoms with Gasteiger partial charge in [0, 0.05) is 19.3 Å². The van der Waals surface area contributed by atoms with E-state index in [1.807, 2.05) is 0 Å². The van der Waals surface area contributed by atoms with Crippen LogP contribution in [0.2, 0.25) is 0 Å². The van der Waals surface area contributed by atoms with Crippen LogP contribution in [0, 0.1) is 17.2 Å². The van der Waals surface area contributed by atoms with Gasteiger partial charge in [0.05, 0.1) is 11.8 Å². The SMILES string of the molecule is CC(Nc1nnccc1C#N)C1CCOCC1. The number of nitrogens with one attached hydrogen (secondary N) is 1. The monoisotopic (exact) mass is 232 g/mol. The molecule has 1 unspecified atom stereocenters. The molecule has 2 rings (SSSR count). The molecule has 1 atom stereocenters. The second kappa shape index (κ2) is 5.60. The van der Waals surface area contributed by atoms with E-state index in [9.17, 15) is 0 Å². The van der Waals surface area contributed by atoms with E-state index < -0.39 is 0 Å². The summed E-state index contributed by atoms with van der Waals surface area (Å²) in [4.78, 5) is 0. The largest absolute Gasteiger partial charge is 0.381 e. The van der Waals surface area contributed by atoms with Crippen molar-refractivity contribution in [1.29, 1.82) is 5.26 Å². The quantitative estimate of drug-likeness (QED) is 0.856. The van der Waals surface area contributed by atoms with E-state index in [0.29, 0.717) is 17.3 Å². The average Bonchev–Trinajstić information content (AvgIpc) is 2.40. The van der Waals surface area contributed by atoms with E-state index in [-0.39, 0.29) is 6.04 Å². The Balaban J connectivity index is 2.02. The summed E-state index contributed by atoms with van der Waals surface area (Å²) in [6, 6.07) is 4.07. The molecule has 1 N–H and O–H groups in total. The first-order valence-electron chi connectivity index (χ1n) is 5.87. The molecule has 5 nitrogen and oxygen atoms in total. The summed E-state index contributed by atoms with van der Waals surface area (Å²) in [6.45, 7) is 3.76. The van der Waals surface area contributed by atoms with E-state index in [2.05, 4.69) is 28.5 Å². The van der Waals surface area contributed by atoms with Gasteiger partial charge in [-0.05, 0) is 31.7 Å². The highest BCUT2D eigenvalue weighted by atomic mass is 16.5. The Labute approximate surface area is 101 Å². The second-order valence-electron chi connectivity index (χ2n) is 4.29. The van der Waals surface area contributed by atoms with Gasteiger partial charge in [-0.3, -0.25) is 0 Å². The summed E-state index contributed by atoms with van der Waals surface area (Å²) in [5.74, 6) is 1.14. The minimum Gasteiger partial charge on any atom is -0.381 e. The first-order chi connectivity index (χ1) is 8.31. The van der Waals surface area contributed by atoms with Crippen LogP contribution in [0.25, 0.3) is 0 Å². The first-order valence-corrected chi connectivity index (χ1v) is 5.87. The van der Waals surface area contributed by atoms with Gasteiger partial charge in [0.15, 0.2) is 5.82 Å². The summed E-state index contributed by atoms with van der Waals surface area (Å²) >= 11 is 0. The molecule has 1 aromatic rings. The molecule has 0 radical (unpaired) electrons. The lowest BCUT2D eigenvalue weighted by atomic mass is 9.93. The molecule has 1 fully saturated rings. The van der Waals surface area contributed by atoms with Gasteiger partial charge in [-0.15, -0.1) is 5.10 Å². The Morgan fingerprint density at radius 3 is 3.00 bits per heavy atom. The normalized spacial score (nSPS) is 18.4. The highest BCUT2D eigenvalue weighted by molar-refractivity contribution is 5.50. The van der Waals surface area contributed by atoms with Gasteiger partial charge in [0.2, 0.25) is 0 Å². The van der Waals surface area contributed by atoms with E-state index in [1.54, 1.807) is 6.07 Å². The highest BCUT2D eigenvalue weighted by Gasteiger charge is 2.21. The van der Waals surface area contributed by atoms with Crippen LogP contribution in [0.1, 0.15) is 25.3 Å². The third-order valence-electron chi connectivity index (χ3n) is 3.18. The number of nitrogens with zero attached hydrogens (tertiary/aromatic N) is 3. The van der Waals surface area contributed by atoms with Crippen LogP contribution in [0.3, 0.4) is 0 Å². The standard InChI is InChI=1S/C12H16N4O/c1-9(10-3-6-17-7-4-10)15-12-11(8-13)2-5-14-16-12/h2,5,9-10H,3-4,6-7H2,1H3,(H,15,16). The van der Waals surface area contributed by atoms with Gasteiger partial charge in [-0.2, -0.15) is 10.4 Å². The lowest BCUT2D eigenvalue weighted by Crippen LogP contribution is -2.31. The number of nitriles is 1. The smallest absolute Gasteiger partial charge is 0.166 e. The number of anilines is 1. The zero-order valence-corrected chi connectivity index (χ0v) is 9.89. The number of ether oxygens (including phenoxy) is 1. The molecule has 90 valence electrons. The van der Waals surface area contributed by atoms with Crippen molar-refractivity contribution in [3.05, 3.63) is 17.8 Å². The molecule has 2 heterocycles. The van der Waals surface area contributed by atoms with Crippen LogP contribution < -0.4 is 5.32 Å². The van der Waals surface area contributed by atoms with Crippen molar-refractivity contribution < 1.29 is 4.74 Å². The highest BCUT2D eigenvalue weighted by Crippen LogP contribution is 2.21. The molecule has 17 heavy (non-hydrogen) atoms. The fourth-order valence-electron chi connectivity index (χ4n) is 2.08. The van der Waals surface area contributed by atoms with Crippen LogP contribution in [-0.4, -0.2) is 29.5 Å². The van der Waals surface area contributed by atoms with Crippen molar-refractivity contribution in [1.82, 2.24) is 10.2 Å². The molecule has 0 saturated carbocycles. The van der Waals surface area contributed by atoms with Crippen LogP contribution in [0.5, 0.6) is 0 Å². The third-order valence-corrected chi connectivity index (χ3v) is 3.18. The third kappa shape index (κ3) is 2.92. The zero-order chi connectivity index (χ0) is 12.1. The van der Waals surface area contributed by atoms with Gasteiger partial charge in [-0.1, -0.05) is 0 Å². The van der Waals surface area contributed by atoms with Crippen molar-refractivity contribution in [2.24, 2.45) is 5.92 Å². The minimum absolute atomic E-state index is 0.280. The topological polar surface area (TPSA) is 70.8 Å². The fourth-order valence-corrected chi connectivity index (χ4v) is 2.08. The molecule has 0 bridgehead atoms. The Morgan fingerprint density at radius 1 is 1.53 bits per heavy atom. The summed E-state index contributed by atoms with van der Waals surface area (Å²) in [6.07, 6.45) is 3.63. The number of hydrogen-bond donors (Lipinski definition) is 1. The van der Waals surface area contributed by atoms with E-state index in [4.69, 9.17) is 10.00 Å².